The van der Waals surface area contributed by atoms with Crippen molar-refractivity contribution in [2.24, 2.45) is 0 Å². The van der Waals surface area contributed by atoms with E-state index in [4.69, 9.17) is 9.15 Å². The number of benzene rings is 2. The summed E-state index contributed by atoms with van der Waals surface area (Å²) in [5, 5.41) is 13.5. The predicted molar refractivity (Wildman–Crippen MR) is 117 cm³/mol. The summed E-state index contributed by atoms with van der Waals surface area (Å²) >= 11 is 2.55. The Hall–Kier alpha value is -3.17. The highest BCUT2D eigenvalue weighted by atomic mass is 32.2. The van der Waals surface area contributed by atoms with Crippen LogP contribution in [0.1, 0.15) is 11.5 Å². The van der Waals surface area contributed by atoms with Crippen LogP contribution >= 0.6 is 23.1 Å². The molecule has 0 atom stereocenters. The minimum atomic E-state index is -0.190. The molecule has 0 aliphatic heterocycles. The van der Waals surface area contributed by atoms with Crippen LogP contribution in [-0.2, 0) is 11.4 Å². The number of nitrogens with one attached hydrogen (secondary N) is 1. The van der Waals surface area contributed by atoms with E-state index in [-0.39, 0.29) is 18.3 Å². The molecule has 0 radical (unpaired) electrons. The molecule has 7 nitrogen and oxygen atoms in total. The van der Waals surface area contributed by atoms with Gasteiger partial charge >= 0.3 is 0 Å². The lowest BCUT2D eigenvalue weighted by Gasteiger charge is -2.01. The lowest BCUT2D eigenvalue weighted by Crippen LogP contribution is -2.13. The van der Waals surface area contributed by atoms with Gasteiger partial charge in [0.2, 0.25) is 5.91 Å². The molecule has 0 fully saturated rings. The van der Waals surface area contributed by atoms with E-state index in [0.717, 1.165) is 28.8 Å². The standard InChI is InChI=1S/C21H18N4O3S2/c1-14-7-9-15(10-8-14)17-12-29-20(22-17)23-18(26)13-30-21-25-24-19(28-21)11-27-16-5-3-2-4-6-16/h2-10,12H,11,13H2,1H3,(H,22,23,26). The van der Waals surface area contributed by atoms with E-state index in [1.54, 1.807) is 0 Å². The summed E-state index contributed by atoms with van der Waals surface area (Å²) in [7, 11) is 0. The fourth-order valence-electron chi connectivity index (χ4n) is 2.49. The molecule has 4 rings (SSSR count). The van der Waals surface area contributed by atoms with Crippen molar-refractivity contribution >= 4 is 34.1 Å². The van der Waals surface area contributed by atoms with E-state index >= 15 is 0 Å². The SMILES string of the molecule is Cc1ccc(-c2csc(NC(=O)CSc3nnc(COc4ccccc4)o3)n2)cc1. The zero-order valence-electron chi connectivity index (χ0n) is 16.1. The van der Waals surface area contributed by atoms with E-state index in [0.29, 0.717) is 16.2 Å². The third kappa shape index (κ3) is 5.46. The van der Waals surface area contributed by atoms with Gasteiger partial charge in [-0.25, -0.2) is 4.98 Å². The van der Waals surface area contributed by atoms with Crippen molar-refractivity contribution in [3.8, 4) is 17.0 Å². The van der Waals surface area contributed by atoms with Crippen molar-refractivity contribution in [2.45, 2.75) is 18.8 Å². The monoisotopic (exact) mass is 438 g/mol. The largest absolute Gasteiger partial charge is 0.484 e. The molecule has 0 spiro atoms. The minimum Gasteiger partial charge on any atom is -0.484 e. The van der Waals surface area contributed by atoms with Crippen LogP contribution in [0.4, 0.5) is 5.13 Å². The lowest BCUT2D eigenvalue weighted by atomic mass is 10.1. The van der Waals surface area contributed by atoms with Gasteiger partial charge in [0.05, 0.1) is 11.4 Å². The Morgan fingerprint density at radius 3 is 2.73 bits per heavy atom. The van der Waals surface area contributed by atoms with Crippen molar-refractivity contribution in [3.05, 3.63) is 71.4 Å². The predicted octanol–water partition coefficient (Wildman–Crippen LogP) is 4.81. The van der Waals surface area contributed by atoms with Crippen LogP contribution in [-0.4, -0.2) is 26.8 Å². The average Bonchev–Trinajstić information content (AvgIpc) is 3.42. The molecular formula is C21H18N4O3S2. The molecule has 0 saturated heterocycles. The molecule has 152 valence electrons. The van der Waals surface area contributed by atoms with Gasteiger partial charge in [0, 0.05) is 10.9 Å². The van der Waals surface area contributed by atoms with Crippen LogP contribution in [0.25, 0.3) is 11.3 Å². The van der Waals surface area contributed by atoms with Gasteiger partial charge in [-0.05, 0) is 19.1 Å². The number of aryl methyl sites for hydroxylation is 1. The van der Waals surface area contributed by atoms with E-state index in [1.165, 1.54) is 16.9 Å². The first-order chi connectivity index (χ1) is 14.7. The zero-order valence-corrected chi connectivity index (χ0v) is 17.7. The highest BCUT2D eigenvalue weighted by Gasteiger charge is 2.12. The molecule has 30 heavy (non-hydrogen) atoms. The third-order valence-electron chi connectivity index (χ3n) is 3.98. The Labute approximate surface area is 181 Å². The van der Waals surface area contributed by atoms with Gasteiger partial charge in [-0.15, -0.1) is 21.5 Å². The average molecular weight is 439 g/mol. The van der Waals surface area contributed by atoms with Crippen molar-refractivity contribution in [2.75, 3.05) is 11.1 Å². The molecule has 0 saturated carbocycles. The summed E-state index contributed by atoms with van der Waals surface area (Å²) in [5.41, 5.74) is 3.04. The van der Waals surface area contributed by atoms with Crippen molar-refractivity contribution < 1.29 is 13.9 Å². The second-order valence-electron chi connectivity index (χ2n) is 6.30. The first-order valence-electron chi connectivity index (χ1n) is 9.11. The molecule has 2 aromatic heterocycles. The van der Waals surface area contributed by atoms with Crippen LogP contribution in [0.2, 0.25) is 0 Å². The number of thioether (sulfide) groups is 1. The molecule has 0 aliphatic rings. The maximum atomic E-state index is 12.2. The van der Waals surface area contributed by atoms with Crippen LogP contribution < -0.4 is 10.1 Å². The van der Waals surface area contributed by atoms with Crippen LogP contribution in [0.5, 0.6) is 5.75 Å². The van der Waals surface area contributed by atoms with Crippen LogP contribution in [0.3, 0.4) is 0 Å². The highest BCUT2D eigenvalue weighted by molar-refractivity contribution is 7.99. The summed E-state index contributed by atoms with van der Waals surface area (Å²) in [4.78, 5) is 16.7. The first-order valence-corrected chi connectivity index (χ1v) is 11.0. The summed E-state index contributed by atoms with van der Waals surface area (Å²) < 4.78 is 11.1. The fourth-order valence-corrected chi connectivity index (χ4v) is 3.80. The molecule has 0 unspecified atom stereocenters. The lowest BCUT2D eigenvalue weighted by molar-refractivity contribution is -0.113. The number of thiazole rings is 1. The van der Waals surface area contributed by atoms with E-state index in [2.05, 4.69) is 20.5 Å². The number of hydrogen-bond acceptors (Lipinski definition) is 8. The number of ether oxygens (including phenoxy) is 1. The second kappa shape index (κ2) is 9.55. The molecule has 1 amide bonds. The van der Waals surface area contributed by atoms with E-state index in [1.807, 2.05) is 66.9 Å². The Balaban J connectivity index is 1.25. The fraction of sp³-hybridized carbons (Fsp3) is 0.143. The molecule has 9 heteroatoms. The number of hydrogen-bond donors (Lipinski definition) is 1. The van der Waals surface area contributed by atoms with Crippen molar-refractivity contribution in [3.63, 3.8) is 0 Å². The topological polar surface area (TPSA) is 90.1 Å². The Kier molecular flexibility index (Phi) is 6.41. The number of carbonyl (C=O) groups is 1. The van der Waals surface area contributed by atoms with Crippen molar-refractivity contribution in [1.82, 2.24) is 15.2 Å². The minimum absolute atomic E-state index is 0.140. The molecule has 4 aromatic rings. The van der Waals surface area contributed by atoms with Crippen LogP contribution in [0, 0.1) is 6.92 Å². The molecule has 2 aromatic carbocycles. The Morgan fingerprint density at radius 2 is 1.93 bits per heavy atom. The van der Waals surface area contributed by atoms with Gasteiger partial charge < -0.3 is 14.5 Å². The molecule has 0 bridgehead atoms. The van der Waals surface area contributed by atoms with Crippen LogP contribution in [0.15, 0.2) is 69.6 Å². The first kappa shape index (κ1) is 20.1. The summed E-state index contributed by atoms with van der Waals surface area (Å²) in [6.45, 7) is 2.21. The van der Waals surface area contributed by atoms with Gasteiger partial charge in [-0.2, -0.15) is 0 Å². The van der Waals surface area contributed by atoms with E-state index < -0.39 is 0 Å². The number of amides is 1. The van der Waals surface area contributed by atoms with Gasteiger partial charge in [0.25, 0.3) is 11.1 Å². The van der Waals surface area contributed by atoms with Gasteiger partial charge in [0.1, 0.15) is 5.75 Å². The van der Waals surface area contributed by atoms with Gasteiger partial charge in [-0.3, -0.25) is 4.79 Å². The quantitative estimate of drug-likeness (QED) is 0.395. The van der Waals surface area contributed by atoms with Crippen molar-refractivity contribution in [1.29, 1.82) is 0 Å². The third-order valence-corrected chi connectivity index (χ3v) is 5.55. The second-order valence-corrected chi connectivity index (χ2v) is 8.09. The maximum absolute atomic E-state index is 12.2. The number of para-hydroxylation sites is 1. The van der Waals surface area contributed by atoms with Gasteiger partial charge in [0.15, 0.2) is 11.7 Å². The highest BCUT2D eigenvalue weighted by Crippen LogP contribution is 2.25. The molecule has 2 heterocycles. The zero-order chi connectivity index (χ0) is 20.8. The number of aromatic nitrogens is 3. The molecule has 0 aliphatic carbocycles. The number of carbonyl (C=O) groups excluding carboxylic acids is 1. The normalized spacial score (nSPS) is 10.7. The van der Waals surface area contributed by atoms with E-state index in [9.17, 15) is 4.79 Å². The Bertz CT molecular complexity index is 1110. The molecule has 1 N–H and O–H groups in total. The number of anilines is 1. The summed E-state index contributed by atoms with van der Waals surface area (Å²) in [6.07, 6.45) is 0. The maximum Gasteiger partial charge on any atom is 0.277 e. The smallest absolute Gasteiger partial charge is 0.277 e. The van der Waals surface area contributed by atoms with Gasteiger partial charge in [-0.1, -0.05) is 59.8 Å². The number of nitrogens with zero attached hydrogens (tertiary/aromatic N) is 3. The Morgan fingerprint density at radius 1 is 1.13 bits per heavy atom. The molecular weight excluding hydrogens is 420 g/mol. The summed E-state index contributed by atoms with van der Waals surface area (Å²) in [5.74, 6) is 1.02. The summed E-state index contributed by atoms with van der Waals surface area (Å²) in [6, 6.07) is 17.5. The number of rotatable bonds is 8.